The second kappa shape index (κ2) is 3.15. The Hall–Kier alpha value is -1.20. The van der Waals surface area contributed by atoms with Gasteiger partial charge in [-0.15, -0.1) is 0 Å². The van der Waals surface area contributed by atoms with Gasteiger partial charge < -0.3 is 0 Å². The number of nitrogens with one attached hydrogen (secondary N) is 1. The lowest BCUT2D eigenvalue weighted by Crippen LogP contribution is -2.41. The van der Waals surface area contributed by atoms with Gasteiger partial charge in [0.15, 0.2) is 0 Å². The molecule has 80 valence electrons. The minimum Gasteiger partial charge on any atom is -0.187 e. The van der Waals surface area contributed by atoms with Crippen molar-refractivity contribution in [2.24, 2.45) is 4.40 Å². The third kappa shape index (κ3) is 1.68. The fourth-order valence-electron chi connectivity index (χ4n) is 1.67. The Morgan fingerprint density at radius 2 is 1.87 bits per heavy atom. The molecular formula is C10H12N2O2S. The highest BCUT2D eigenvalue weighted by Gasteiger charge is 2.40. The highest BCUT2D eigenvalue weighted by atomic mass is 32.2. The second-order valence-corrected chi connectivity index (χ2v) is 5.08. The predicted molar refractivity (Wildman–Crippen MR) is 59.0 cm³/mol. The number of nitrogens with zero attached hydrogens (tertiary/aromatic N) is 1. The molecule has 0 spiro atoms. The SMILES string of the molecule is CC1=NS(=O)(=O)NC1(C)c1ccccc1. The third-order valence-electron chi connectivity index (χ3n) is 2.66. The van der Waals surface area contributed by atoms with Crippen LogP contribution < -0.4 is 4.72 Å². The minimum atomic E-state index is -3.51. The first-order valence-corrected chi connectivity index (χ1v) is 6.04. The summed E-state index contributed by atoms with van der Waals surface area (Å²) in [5, 5.41) is 0. The van der Waals surface area contributed by atoms with E-state index in [0.717, 1.165) is 5.56 Å². The van der Waals surface area contributed by atoms with Gasteiger partial charge in [0.2, 0.25) is 0 Å². The molecule has 0 bridgehead atoms. The van der Waals surface area contributed by atoms with Crippen molar-refractivity contribution in [3.63, 3.8) is 0 Å². The first-order valence-electron chi connectivity index (χ1n) is 4.60. The smallest absolute Gasteiger partial charge is 0.187 e. The van der Waals surface area contributed by atoms with E-state index >= 15 is 0 Å². The molecule has 0 fully saturated rings. The summed E-state index contributed by atoms with van der Waals surface area (Å²) < 4.78 is 28.8. The highest BCUT2D eigenvalue weighted by Crippen LogP contribution is 2.28. The lowest BCUT2D eigenvalue weighted by atomic mass is 9.89. The van der Waals surface area contributed by atoms with E-state index in [1.54, 1.807) is 6.92 Å². The van der Waals surface area contributed by atoms with Crippen LogP contribution in [0.15, 0.2) is 34.7 Å². The highest BCUT2D eigenvalue weighted by molar-refractivity contribution is 7.88. The quantitative estimate of drug-likeness (QED) is 0.779. The normalized spacial score (nSPS) is 28.8. The zero-order valence-electron chi connectivity index (χ0n) is 8.56. The average Bonchev–Trinajstić information content (AvgIpc) is 2.38. The lowest BCUT2D eigenvalue weighted by molar-refractivity contribution is 0.552. The Morgan fingerprint density at radius 3 is 2.33 bits per heavy atom. The summed E-state index contributed by atoms with van der Waals surface area (Å²) in [6, 6.07) is 9.41. The zero-order chi connectivity index (χ0) is 11.1. The van der Waals surface area contributed by atoms with Crippen molar-refractivity contribution in [3.05, 3.63) is 35.9 Å². The molecule has 0 radical (unpaired) electrons. The van der Waals surface area contributed by atoms with Gasteiger partial charge in [-0.05, 0) is 19.4 Å². The molecule has 5 heteroatoms. The molecule has 1 unspecified atom stereocenters. The van der Waals surface area contributed by atoms with Gasteiger partial charge in [0.25, 0.3) is 0 Å². The lowest BCUT2D eigenvalue weighted by Gasteiger charge is -2.23. The van der Waals surface area contributed by atoms with E-state index in [4.69, 9.17) is 0 Å². The van der Waals surface area contributed by atoms with Gasteiger partial charge >= 0.3 is 10.2 Å². The van der Waals surface area contributed by atoms with Crippen LogP contribution in [0.3, 0.4) is 0 Å². The Kier molecular flexibility index (Phi) is 2.17. The van der Waals surface area contributed by atoms with E-state index in [9.17, 15) is 8.42 Å². The van der Waals surface area contributed by atoms with E-state index < -0.39 is 15.7 Å². The van der Waals surface area contributed by atoms with Crippen LogP contribution in [0.4, 0.5) is 0 Å². The van der Waals surface area contributed by atoms with Crippen molar-refractivity contribution in [1.29, 1.82) is 0 Å². The third-order valence-corrected chi connectivity index (χ3v) is 3.85. The molecule has 0 aromatic heterocycles. The summed E-state index contributed by atoms with van der Waals surface area (Å²) in [6.07, 6.45) is 0. The van der Waals surface area contributed by atoms with Crippen LogP contribution in [0.25, 0.3) is 0 Å². The molecule has 4 nitrogen and oxygen atoms in total. The molecule has 1 aromatic rings. The fourth-order valence-corrected chi connectivity index (χ4v) is 3.04. The molecule has 0 saturated heterocycles. The summed E-state index contributed by atoms with van der Waals surface area (Å²) >= 11 is 0. The van der Waals surface area contributed by atoms with Crippen LogP contribution in [-0.2, 0) is 15.7 Å². The van der Waals surface area contributed by atoms with Gasteiger partial charge in [0, 0.05) is 0 Å². The second-order valence-electron chi connectivity index (χ2n) is 3.74. The van der Waals surface area contributed by atoms with Gasteiger partial charge in [-0.3, -0.25) is 0 Å². The molecular weight excluding hydrogens is 212 g/mol. The van der Waals surface area contributed by atoms with Crippen LogP contribution in [-0.4, -0.2) is 14.1 Å². The van der Waals surface area contributed by atoms with E-state index in [1.807, 2.05) is 37.3 Å². The van der Waals surface area contributed by atoms with Crippen LogP contribution in [0, 0.1) is 0 Å². The van der Waals surface area contributed by atoms with Crippen LogP contribution in [0.1, 0.15) is 19.4 Å². The molecule has 1 aliphatic heterocycles. The predicted octanol–water partition coefficient (Wildman–Crippen LogP) is 1.21. The summed E-state index contributed by atoms with van der Waals surface area (Å²) in [5.41, 5.74) is 0.751. The largest absolute Gasteiger partial charge is 0.320 e. The molecule has 0 saturated carbocycles. The average molecular weight is 224 g/mol. The molecule has 15 heavy (non-hydrogen) atoms. The van der Waals surface area contributed by atoms with Crippen molar-refractivity contribution < 1.29 is 8.42 Å². The maximum Gasteiger partial charge on any atom is 0.320 e. The molecule has 0 amide bonds. The van der Waals surface area contributed by atoms with Gasteiger partial charge in [0.05, 0.1) is 11.3 Å². The van der Waals surface area contributed by atoms with Gasteiger partial charge in [-0.2, -0.15) is 17.5 Å². The number of rotatable bonds is 1. The van der Waals surface area contributed by atoms with E-state index in [2.05, 4.69) is 9.12 Å². The number of benzene rings is 1. The Balaban J connectivity index is 2.52. The molecule has 1 aromatic carbocycles. The molecule has 1 N–H and O–H groups in total. The van der Waals surface area contributed by atoms with Crippen molar-refractivity contribution in [2.75, 3.05) is 0 Å². The van der Waals surface area contributed by atoms with E-state index in [1.165, 1.54) is 0 Å². The van der Waals surface area contributed by atoms with Crippen LogP contribution in [0.2, 0.25) is 0 Å². The fraction of sp³-hybridized carbons (Fsp3) is 0.300. The van der Waals surface area contributed by atoms with Crippen molar-refractivity contribution >= 4 is 15.9 Å². The number of hydrogen-bond acceptors (Lipinski definition) is 2. The van der Waals surface area contributed by atoms with Crippen molar-refractivity contribution in [1.82, 2.24) is 4.72 Å². The summed E-state index contributed by atoms with van der Waals surface area (Å²) in [7, 11) is -3.51. The maximum absolute atomic E-state index is 11.3. The summed E-state index contributed by atoms with van der Waals surface area (Å²) in [5.74, 6) is 0. The van der Waals surface area contributed by atoms with Crippen molar-refractivity contribution in [2.45, 2.75) is 19.4 Å². The van der Waals surface area contributed by atoms with E-state index in [0.29, 0.717) is 5.71 Å². The summed E-state index contributed by atoms with van der Waals surface area (Å²) in [6.45, 7) is 3.52. The topological polar surface area (TPSA) is 58.5 Å². The van der Waals surface area contributed by atoms with Crippen LogP contribution >= 0.6 is 0 Å². The number of hydrogen-bond donors (Lipinski definition) is 1. The monoisotopic (exact) mass is 224 g/mol. The molecule has 1 aliphatic rings. The van der Waals surface area contributed by atoms with Gasteiger partial charge in [-0.1, -0.05) is 30.3 Å². The first-order chi connectivity index (χ1) is 6.94. The molecule has 0 aliphatic carbocycles. The van der Waals surface area contributed by atoms with Crippen LogP contribution in [0.5, 0.6) is 0 Å². The zero-order valence-corrected chi connectivity index (χ0v) is 9.38. The standard InChI is InChI=1S/C10H12N2O2S/c1-8-10(2,12-15(13,14)11-8)9-6-4-3-5-7-9/h3-7,12H,1-2H3. The Morgan fingerprint density at radius 1 is 1.27 bits per heavy atom. The van der Waals surface area contributed by atoms with Gasteiger partial charge in [0.1, 0.15) is 0 Å². The first kappa shape index (κ1) is 10.3. The molecule has 2 rings (SSSR count). The Bertz CT molecular complexity index is 507. The molecule has 1 heterocycles. The maximum atomic E-state index is 11.3. The van der Waals surface area contributed by atoms with Gasteiger partial charge in [-0.25, -0.2) is 0 Å². The minimum absolute atomic E-state index is 0.564. The molecule has 1 atom stereocenters. The van der Waals surface area contributed by atoms with Crippen molar-refractivity contribution in [3.8, 4) is 0 Å². The Labute approximate surface area is 89.2 Å². The van der Waals surface area contributed by atoms with E-state index in [-0.39, 0.29) is 0 Å². The summed E-state index contributed by atoms with van der Waals surface area (Å²) in [4.78, 5) is 0.